The molecule has 1 aromatic carbocycles. The molecule has 0 amide bonds. The van der Waals surface area contributed by atoms with Gasteiger partial charge >= 0.3 is 0 Å². The summed E-state index contributed by atoms with van der Waals surface area (Å²) in [4.78, 5) is 11.2. The molecule has 0 spiro atoms. The molecule has 0 unspecified atom stereocenters. The van der Waals surface area contributed by atoms with Gasteiger partial charge in [0.15, 0.2) is 5.96 Å². The second-order valence-corrected chi connectivity index (χ2v) is 2.78. The molecule has 1 heterocycles. The molecule has 1 aromatic heterocycles. The Labute approximate surface area is 93.9 Å². The van der Waals surface area contributed by atoms with E-state index in [0.29, 0.717) is 0 Å². The largest absolute Gasteiger partial charge is 0.370 e. The molecule has 82 valence electrons. The zero-order valence-electron chi connectivity index (χ0n) is 8.69. The highest BCUT2D eigenvalue weighted by Crippen LogP contribution is 2.07. The number of rotatable bonds is 1. The minimum atomic E-state index is 0.0891. The lowest BCUT2D eigenvalue weighted by molar-refractivity contribution is 1.17. The van der Waals surface area contributed by atoms with Gasteiger partial charge in [-0.2, -0.15) is 0 Å². The summed E-state index contributed by atoms with van der Waals surface area (Å²) in [5, 5.41) is 0. The molecule has 5 heteroatoms. The maximum Gasteiger partial charge on any atom is 0.191 e. The Morgan fingerprint density at radius 2 is 1.56 bits per heavy atom. The number of hydrogen-bond donors (Lipinski definition) is 2. The molecule has 0 fully saturated rings. The molecular weight excluding hydrogens is 202 g/mol. The zero-order chi connectivity index (χ0) is 11.6. The van der Waals surface area contributed by atoms with Crippen molar-refractivity contribution < 1.29 is 0 Å². The monoisotopic (exact) mass is 215 g/mol. The standard InChI is InChI=1S/C7H9N3.C4H4N2/c8-7(9)10-6-4-2-1-3-5-6;1-2-5-4-6-3-1/h1-5H,(H4,8,9,10);1-4H. The molecule has 0 aliphatic carbocycles. The average molecular weight is 215 g/mol. The van der Waals surface area contributed by atoms with Crippen LogP contribution in [0.3, 0.4) is 0 Å². The highest BCUT2D eigenvalue weighted by molar-refractivity contribution is 5.78. The van der Waals surface area contributed by atoms with E-state index in [1.54, 1.807) is 18.5 Å². The van der Waals surface area contributed by atoms with Crippen LogP contribution < -0.4 is 11.5 Å². The van der Waals surface area contributed by atoms with E-state index in [2.05, 4.69) is 15.0 Å². The summed E-state index contributed by atoms with van der Waals surface area (Å²) in [5.41, 5.74) is 11.1. The molecule has 2 aromatic rings. The third-order valence-corrected chi connectivity index (χ3v) is 1.49. The third kappa shape index (κ3) is 5.33. The maximum atomic E-state index is 5.15. The summed E-state index contributed by atoms with van der Waals surface area (Å²) in [7, 11) is 0. The van der Waals surface area contributed by atoms with Crippen molar-refractivity contribution in [3.8, 4) is 0 Å². The summed E-state index contributed by atoms with van der Waals surface area (Å²) in [6.07, 6.45) is 4.88. The Hall–Kier alpha value is -2.43. The van der Waals surface area contributed by atoms with Gasteiger partial charge in [-0.25, -0.2) is 15.0 Å². The van der Waals surface area contributed by atoms with E-state index in [-0.39, 0.29) is 5.96 Å². The SMILES string of the molecule is NC(N)=Nc1ccccc1.c1cncnc1. The van der Waals surface area contributed by atoms with Crippen LogP contribution in [0.25, 0.3) is 0 Å². The fourth-order valence-corrected chi connectivity index (χ4v) is 0.905. The van der Waals surface area contributed by atoms with Crippen molar-refractivity contribution in [2.75, 3.05) is 0 Å². The van der Waals surface area contributed by atoms with Crippen LogP contribution in [0.1, 0.15) is 0 Å². The van der Waals surface area contributed by atoms with Crippen molar-refractivity contribution in [1.82, 2.24) is 9.97 Å². The lowest BCUT2D eigenvalue weighted by Crippen LogP contribution is -2.21. The number of aromatic nitrogens is 2. The Morgan fingerprint density at radius 3 is 1.94 bits per heavy atom. The van der Waals surface area contributed by atoms with Gasteiger partial charge in [0.2, 0.25) is 0 Å². The maximum absolute atomic E-state index is 5.15. The summed E-state index contributed by atoms with van der Waals surface area (Å²) >= 11 is 0. The lowest BCUT2D eigenvalue weighted by Gasteiger charge is -1.91. The van der Waals surface area contributed by atoms with Crippen molar-refractivity contribution in [3.63, 3.8) is 0 Å². The highest BCUT2D eigenvalue weighted by atomic mass is 15.0. The molecule has 0 bridgehead atoms. The van der Waals surface area contributed by atoms with Crippen molar-refractivity contribution in [2.45, 2.75) is 0 Å². The first kappa shape index (κ1) is 11.6. The van der Waals surface area contributed by atoms with E-state index in [4.69, 9.17) is 11.5 Å². The van der Waals surface area contributed by atoms with Gasteiger partial charge < -0.3 is 11.5 Å². The zero-order valence-corrected chi connectivity index (χ0v) is 8.69. The quantitative estimate of drug-likeness (QED) is 0.550. The summed E-state index contributed by atoms with van der Waals surface area (Å²) in [6.45, 7) is 0. The summed E-state index contributed by atoms with van der Waals surface area (Å²) in [6, 6.07) is 11.1. The Balaban J connectivity index is 0.000000181. The van der Waals surface area contributed by atoms with Gasteiger partial charge in [0.05, 0.1) is 5.69 Å². The average Bonchev–Trinajstić information content (AvgIpc) is 2.32. The van der Waals surface area contributed by atoms with Crippen LogP contribution in [-0.2, 0) is 0 Å². The number of nitrogens with zero attached hydrogens (tertiary/aromatic N) is 3. The van der Waals surface area contributed by atoms with Gasteiger partial charge in [-0.1, -0.05) is 18.2 Å². The van der Waals surface area contributed by atoms with Gasteiger partial charge in [0.25, 0.3) is 0 Å². The minimum Gasteiger partial charge on any atom is -0.370 e. The fraction of sp³-hybridized carbons (Fsp3) is 0. The van der Waals surface area contributed by atoms with E-state index >= 15 is 0 Å². The van der Waals surface area contributed by atoms with Crippen molar-refractivity contribution in [3.05, 3.63) is 55.1 Å². The Morgan fingerprint density at radius 1 is 0.938 bits per heavy atom. The first-order valence-electron chi connectivity index (χ1n) is 4.63. The van der Waals surface area contributed by atoms with E-state index < -0.39 is 0 Å². The predicted octanol–water partition coefficient (Wildman–Crippen LogP) is 1.07. The molecule has 5 nitrogen and oxygen atoms in total. The number of hydrogen-bond acceptors (Lipinski definition) is 3. The first-order valence-corrected chi connectivity index (χ1v) is 4.63. The Kier molecular flexibility index (Phi) is 5.05. The van der Waals surface area contributed by atoms with Crippen LogP contribution >= 0.6 is 0 Å². The van der Waals surface area contributed by atoms with Crippen LogP contribution in [-0.4, -0.2) is 15.9 Å². The highest BCUT2D eigenvalue weighted by Gasteiger charge is 1.83. The van der Waals surface area contributed by atoms with Gasteiger partial charge in [0.1, 0.15) is 6.33 Å². The van der Waals surface area contributed by atoms with Crippen LogP contribution in [0.4, 0.5) is 5.69 Å². The second-order valence-electron chi connectivity index (χ2n) is 2.78. The van der Waals surface area contributed by atoms with Crippen molar-refractivity contribution in [1.29, 1.82) is 0 Å². The molecular formula is C11H13N5. The van der Waals surface area contributed by atoms with Gasteiger partial charge in [-0.05, 0) is 18.2 Å². The summed E-state index contributed by atoms with van der Waals surface area (Å²) < 4.78 is 0. The van der Waals surface area contributed by atoms with Crippen LogP contribution in [0.2, 0.25) is 0 Å². The molecule has 2 rings (SSSR count). The van der Waals surface area contributed by atoms with Gasteiger partial charge in [-0.15, -0.1) is 0 Å². The molecule has 4 N–H and O–H groups in total. The first-order chi connectivity index (χ1) is 7.79. The third-order valence-electron chi connectivity index (χ3n) is 1.49. The van der Waals surface area contributed by atoms with E-state index in [0.717, 1.165) is 5.69 Å². The smallest absolute Gasteiger partial charge is 0.191 e. The van der Waals surface area contributed by atoms with Crippen LogP contribution in [0, 0.1) is 0 Å². The van der Waals surface area contributed by atoms with Crippen molar-refractivity contribution >= 4 is 11.6 Å². The molecule has 0 radical (unpaired) electrons. The molecule has 0 atom stereocenters. The van der Waals surface area contributed by atoms with Crippen LogP contribution in [0.5, 0.6) is 0 Å². The number of nitrogens with two attached hydrogens (primary N) is 2. The molecule has 0 aliphatic heterocycles. The molecule has 0 saturated carbocycles. The van der Waals surface area contributed by atoms with Crippen LogP contribution in [0.15, 0.2) is 60.1 Å². The second kappa shape index (κ2) is 6.94. The molecule has 16 heavy (non-hydrogen) atoms. The molecule has 0 saturated heterocycles. The number of para-hydroxylation sites is 1. The predicted molar refractivity (Wildman–Crippen MR) is 63.9 cm³/mol. The number of guanidine groups is 1. The number of aliphatic imine (C=N–C) groups is 1. The molecule has 0 aliphatic rings. The van der Waals surface area contributed by atoms with Gasteiger partial charge in [-0.3, -0.25) is 0 Å². The van der Waals surface area contributed by atoms with Gasteiger partial charge in [0, 0.05) is 12.4 Å². The van der Waals surface area contributed by atoms with E-state index in [1.807, 2.05) is 30.3 Å². The van der Waals surface area contributed by atoms with E-state index in [1.165, 1.54) is 6.33 Å². The van der Waals surface area contributed by atoms with Crippen molar-refractivity contribution in [2.24, 2.45) is 16.5 Å². The normalized spacial score (nSPS) is 8.50. The fourth-order valence-electron chi connectivity index (χ4n) is 0.905. The topological polar surface area (TPSA) is 90.2 Å². The summed E-state index contributed by atoms with van der Waals surface area (Å²) in [5.74, 6) is 0.0891. The van der Waals surface area contributed by atoms with E-state index in [9.17, 15) is 0 Å². The minimum absolute atomic E-state index is 0.0891. The Bertz CT molecular complexity index is 382. The number of benzene rings is 1. The lowest BCUT2D eigenvalue weighted by atomic mass is 10.3.